The summed E-state index contributed by atoms with van der Waals surface area (Å²) < 4.78 is 66.6. The summed E-state index contributed by atoms with van der Waals surface area (Å²) in [5.41, 5.74) is -1.72. The lowest BCUT2D eigenvalue weighted by Gasteiger charge is -2.24. The van der Waals surface area contributed by atoms with Gasteiger partial charge in [-0.2, -0.15) is 22.7 Å². The second-order valence-electron chi connectivity index (χ2n) is 6.13. The second kappa shape index (κ2) is 5.71. The van der Waals surface area contributed by atoms with E-state index >= 15 is 0 Å². The number of rotatable bonds is 3. The molecule has 0 spiro atoms. The Labute approximate surface area is 141 Å². The number of hydrogen-bond acceptors (Lipinski definition) is 4. The third-order valence-electron chi connectivity index (χ3n) is 4.76. The van der Waals surface area contributed by atoms with Crippen molar-refractivity contribution < 1.29 is 31.5 Å². The van der Waals surface area contributed by atoms with Gasteiger partial charge in [-0.15, -0.1) is 0 Å². The summed E-state index contributed by atoms with van der Waals surface area (Å²) in [6, 6.07) is 2.37. The molecule has 2 fully saturated rings. The molecule has 0 aliphatic carbocycles. The van der Waals surface area contributed by atoms with Crippen LogP contribution in [0.2, 0.25) is 0 Å². The topological polar surface area (TPSA) is 98.5 Å². The Morgan fingerprint density at radius 1 is 1.32 bits per heavy atom. The van der Waals surface area contributed by atoms with Crippen LogP contribution in [0.1, 0.15) is 30.4 Å². The average molecular weight is 374 g/mol. The molecular weight excluding hydrogens is 361 g/mol. The van der Waals surface area contributed by atoms with Crippen LogP contribution in [0.25, 0.3) is 0 Å². The van der Waals surface area contributed by atoms with E-state index in [0.717, 1.165) is 16.4 Å². The van der Waals surface area contributed by atoms with Crippen LogP contribution < -0.4 is 0 Å². The van der Waals surface area contributed by atoms with Crippen molar-refractivity contribution >= 4 is 16.0 Å². The Morgan fingerprint density at radius 2 is 2.00 bits per heavy atom. The summed E-state index contributed by atoms with van der Waals surface area (Å²) in [4.78, 5) is 10.3. The molecule has 3 rings (SSSR count). The standard InChI is InChI=1S/C15H13F3N2O4S/c16-15(17,18)11-5-8(7-19)1-4-13(11)25(23,24)20-9-2-3-12(20)10(6-9)14(21)22/h1,4-5,9-10,12H,2-3,6H2,(H,21,22). The molecule has 1 aromatic rings. The SMILES string of the molecule is N#Cc1ccc(S(=O)(=O)N2C3CCC2C(C(=O)O)C3)c(C(F)(F)F)c1. The lowest BCUT2D eigenvalue weighted by Crippen LogP contribution is -2.38. The molecule has 0 aromatic heterocycles. The molecule has 0 radical (unpaired) electrons. The molecule has 1 aromatic carbocycles. The minimum Gasteiger partial charge on any atom is -0.481 e. The van der Waals surface area contributed by atoms with Gasteiger partial charge >= 0.3 is 12.1 Å². The van der Waals surface area contributed by atoms with Gasteiger partial charge in [0.25, 0.3) is 0 Å². The number of carbonyl (C=O) groups is 1. The summed E-state index contributed by atoms with van der Waals surface area (Å²) in [5.74, 6) is -2.07. The molecule has 2 aliphatic rings. The molecule has 2 bridgehead atoms. The second-order valence-corrected chi connectivity index (χ2v) is 7.95. The summed E-state index contributed by atoms with van der Waals surface area (Å²) in [5, 5.41) is 18.0. The zero-order valence-electron chi connectivity index (χ0n) is 12.7. The number of aliphatic carboxylic acids is 1. The molecule has 2 aliphatic heterocycles. The fourth-order valence-corrected chi connectivity index (χ4v) is 5.85. The van der Waals surface area contributed by atoms with Crippen molar-refractivity contribution in [3.05, 3.63) is 29.3 Å². The Bertz CT molecular complexity index is 876. The van der Waals surface area contributed by atoms with Gasteiger partial charge < -0.3 is 5.11 Å². The zero-order valence-corrected chi connectivity index (χ0v) is 13.5. The number of halogens is 3. The minimum atomic E-state index is -4.96. The van der Waals surface area contributed by atoms with E-state index in [2.05, 4.69) is 0 Å². The number of alkyl halides is 3. The number of benzene rings is 1. The highest BCUT2D eigenvalue weighted by Crippen LogP contribution is 2.46. The maximum atomic E-state index is 13.3. The highest BCUT2D eigenvalue weighted by Gasteiger charge is 2.55. The van der Waals surface area contributed by atoms with Gasteiger partial charge in [0.05, 0.1) is 28.0 Å². The number of carboxylic acids is 1. The van der Waals surface area contributed by atoms with Crippen LogP contribution in [0.3, 0.4) is 0 Å². The monoisotopic (exact) mass is 374 g/mol. The van der Waals surface area contributed by atoms with Gasteiger partial charge in [-0.05, 0) is 37.5 Å². The van der Waals surface area contributed by atoms with Crippen LogP contribution in [0.5, 0.6) is 0 Å². The van der Waals surface area contributed by atoms with Crippen LogP contribution in [-0.2, 0) is 21.0 Å². The van der Waals surface area contributed by atoms with E-state index in [9.17, 15) is 31.5 Å². The first kappa shape index (κ1) is 17.7. The van der Waals surface area contributed by atoms with E-state index < -0.39 is 50.6 Å². The van der Waals surface area contributed by atoms with Crippen molar-refractivity contribution in [3.63, 3.8) is 0 Å². The quantitative estimate of drug-likeness (QED) is 0.875. The molecule has 0 saturated carbocycles. The van der Waals surface area contributed by atoms with Crippen LogP contribution in [-0.4, -0.2) is 35.9 Å². The highest BCUT2D eigenvalue weighted by molar-refractivity contribution is 7.89. The summed E-state index contributed by atoms with van der Waals surface area (Å²) in [6.07, 6.45) is -4.14. The van der Waals surface area contributed by atoms with Gasteiger partial charge in [-0.3, -0.25) is 4.79 Å². The van der Waals surface area contributed by atoms with Crippen molar-refractivity contribution in [2.24, 2.45) is 5.92 Å². The average Bonchev–Trinajstić information content (AvgIpc) is 3.12. The van der Waals surface area contributed by atoms with E-state index in [4.69, 9.17) is 5.26 Å². The fourth-order valence-electron chi connectivity index (χ4n) is 3.74. The van der Waals surface area contributed by atoms with Crippen LogP contribution in [0.15, 0.2) is 23.1 Å². The van der Waals surface area contributed by atoms with E-state index in [1.165, 1.54) is 0 Å². The van der Waals surface area contributed by atoms with E-state index in [1.807, 2.05) is 0 Å². The normalized spacial score (nSPS) is 26.6. The van der Waals surface area contributed by atoms with Gasteiger partial charge in [0, 0.05) is 12.1 Å². The van der Waals surface area contributed by atoms with Crippen molar-refractivity contribution in [1.29, 1.82) is 5.26 Å². The number of fused-ring (bicyclic) bond motifs is 2. The first-order valence-corrected chi connectivity index (χ1v) is 8.89. The Morgan fingerprint density at radius 3 is 2.52 bits per heavy atom. The van der Waals surface area contributed by atoms with Crippen LogP contribution in [0, 0.1) is 17.2 Å². The highest BCUT2D eigenvalue weighted by atomic mass is 32.2. The molecule has 3 atom stereocenters. The molecule has 2 saturated heterocycles. The van der Waals surface area contributed by atoms with Crippen LogP contribution >= 0.6 is 0 Å². The maximum Gasteiger partial charge on any atom is 0.417 e. The van der Waals surface area contributed by atoms with Crippen molar-refractivity contribution in [3.8, 4) is 6.07 Å². The van der Waals surface area contributed by atoms with E-state index in [-0.39, 0.29) is 12.0 Å². The van der Waals surface area contributed by atoms with Crippen molar-refractivity contribution in [1.82, 2.24) is 4.31 Å². The number of hydrogen-bond donors (Lipinski definition) is 1. The maximum absolute atomic E-state index is 13.3. The molecule has 3 unspecified atom stereocenters. The van der Waals surface area contributed by atoms with Gasteiger partial charge in [-0.1, -0.05) is 0 Å². The first-order valence-electron chi connectivity index (χ1n) is 7.45. The largest absolute Gasteiger partial charge is 0.481 e. The molecule has 0 amide bonds. The van der Waals surface area contributed by atoms with Crippen molar-refractivity contribution in [2.75, 3.05) is 0 Å². The molecule has 6 nitrogen and oxygen atoms in total. The lowest BCUT2D eigenvalue weighted by atomic mass is 9.89. The number of nitrogens with zero attached hydrogens (tertiary/aromatic N) is 2. The summed E-state index contributed by atoms with van der Waals surface area (Å²) in [6.45, 7) is 0. The number of nitriles is 1. The van der Waals surface area contributed by atoms with Gasteiger partial charge in [0.2, 0.25) is 10.0 Å². The minimum absolute atomic E-state index is 0.0941. The smallest absolute Gasteiger partial charge is 0.417 e. The third kappa shape index (κ3) is 2.77. The first-order chi connectivity index (χ1) is 11.6. The molecule has 25 heavy (non-hydrogen) atoms. The number of carboxylic acid groups (broad SMARTS) is 1. The molecular formula is C15H13F3N2O4S. The van der Waals surface area contributed by atoms with Gasteiger partial charge in [0.15, 0.2) is 0 Å². The fraction of sp³-hybridized carbons (Fsp3) is 0.467. The Hall–Kier alpha value is -2.12. The lowest BCUT2D eigenvalue weighted by molar-refractivity contribution is -0.142. The van der Waals surface area contributed by atoms with Gasteiger partial charge in [-0.25, -0.2) is 8.42 Å². The zero-order chi connectivity index (χ0) is 18.6. The van der Waals surface area contributed by atoms with E-state index in [0.29, 0.717) is 18.9 Å². The molecule has 1 N–H and O–H groups in total. The van der Waals surface area contributed by atoms with Crippen molar-refractivity contribution in [2.45, 2.75) is 42.4 Å². The predicted octanol–water partition coefficient (Wildman–Crippen LogP) is 2.20. The summed E-state index contributed by atoms with van der Waals surface area (Å²) >= 11 is 0. The Kier molecular flexibility index (Phi) is 4.04. The molecule has 134 valence electrons. The Balaban J connectivity index is 2.11. The van der Waals surface area contributed by atoms with E-state index in [1.54, 1.807) is 6.07 Å². The predicted molar refractivity (Wildman–Crippen MR) is 77.7 cm³/mol. The summed E-state index contributed by atoms with van der Waals surface area (Å²) in [7, 11) is -4.54. The molecule has 2 heterocycles. The van der Waals surface area contributed by atoms with Crippen LogP contribution in [0.4, 0.5) is 13.2 Å². The molecule has 10 heteroatoms. The number of sulfonamides is 1. The van der Waals surface area contributed by atoms with Gasteiger partial charge in [0.1, 0.15) is 0 Å². The third-order valence-corrected chi connectivity index (χ3v) is 6.80.